The van der Waals surface area contributed by atoms with Gasteiger partial charge in [-0.1, -0.05) is 0 Å². The van der Waals surface area contributed by atoms with E-state index in [4.69, 9.17) is 0 Å². The van der Waals surface area contributed by atoms with Gasteiger partial charge in [0.15, 0.2) is 0 Å². The molecule has 0 atom stereocenters. The van der Waals surface area contributed by atoms with Crippen molar-refractivity contribution >= 4 is 11.6 Å². The minimum atomic E-state index is -0.682. The Morgan fingerprint density at radius 3 is 2.39 bits per heavy atom. The van der Waals surface area contributed by atoms with Gasteiger partial charge in [0.1, 0.15) is 5.54 Å². The number of hydrogen-bond donors (Lipinski definition) is 2. The number of nitrogens with zero attached hydrogens (tertiary/aromatic N) is 2. The molecular formula is C18H23N3O2. The average molecular weight is 313 g/mol. The second-order valence-corrected chi connectivity index (χ2v) is 6.62. The lowest BCUT2D eigenvalue weighted by Crippen LogP contribution is -2.45. The number of benzene rings is 1. The summed E-state index contributed by atoms with van der Waals surface area (Å²) in [5.41, 5.74) is 0.982. The van der Waals surface area contributed by atoms with Crippen LogP contribution in [-0.4, -0.2) is 35.7 Å². The first-order valence-electron chi connectivity index (χ1n) is 8.39. The van der Waals surface area contributed by atoms with Crippen LogP contribution in [0.15, 0.2) is 24.3 Å². The van der Waals surface area contributed by atoms with Crippen LogP contribution in [0.3, 0.4) is 0 Å². The highest BCUT2D eigenvalue weighted by molar-refractivity contribution is 5.95. The summed E-state index contributed by atoms with van der Waals surface area (Å²) in [5.74, 6) is -0.172. The third-order valence-electron chi connectivity index (χ3n) is 4.98. The lowest BCUT2D eigenvalue weighted by atomic mass is 9.99. The van der Waals surface area contributed by atoms with Gasteiger partial charge in [0.25, 0.3) is 5.91 Å². The van der Waals surface area contributed by atoms with Gasteiger partial charge in [-0.15, -0.1) is 0 Å². The molecule has 2 N–H and O–H groups in total. The lowest BCUT2D eigenvalue weighted by molar-refractivity contribution is 0.0920. The first-order chi connectivity index (χ1) is 11.1. The highest BCUT2D eigenvalue weighted by atomic mass is 16.3. The molecule has 0 spiro atoms. The van der Waals surface area contributed by atoms with E-state index in [1.54, 1.807) is 0 Å². The Morgan fingerprint density at radius 2 is 1.83 bits per heavy atom. The molecule has 0 bridgehead atoms. The summed E-state index contributed by atoms with van der Waals surface area (Å²) in [6.45, 7) is 1.68. The molecular weight excluding hydrogens is 290 g/mol. The van der Waals surface area contributed by atoms with E-state index in [1.165, 1.54) is 0 Å². The van der Waals surface area contributed by atoms with Crippen LogP contribution in [0.5, 0.6) is 0 Å². The van der Waals surface area contributed by atoms with Crippen molar-refractivity contribution in [3.63, 3.8) is 0 Å². The molecule has 2 fully saturated rings. The number of nitriles is 1. The van der Waals surface area contributed by atoms with E-state index in [0.29, 0.717) is 5.56 Å². The van der Waals surface area contributed by atoms with Gasteiger partial charge in [-0.3, -0.25) is 4.79 Å². The molecule has 0 unspecified atom stereocenters. The van der Waals surface area contributed by atoms with Crippen LogP contribution in [0, 0.1) is 11.3 Å². The van der Waals surface area contributed by atoms with Crippen molar-refractivity contribution in [2.75, 3.05) is 18.0 Å². The van der Waals surface area contributed by atoms with Crippen LogP contribution in [0.25, 0.3) is 0 Å². The molecule has 1 aliphatic carbocycles. The Hall–Kier alpha value is -2.06. The van der Waals surface area contributed by atoms with Crippen molar-refractivity contribution < 1.29 is 9.90 Å². The number of nitrogens with one attached hydrogen (secondary N) is 1. The van der Waals surface area contributed by atoms with Gasteiger partial charge in [0.2, 0.25) is 0 Å². The van der Waals surface area contributed by atoms with Gasteiger partial charge < -0.3 is 15.3 Å². The minimum absolute atomic E-state index is 0.172. The van der Waals surface area contributed by atoms with Gasteiger partial charge >= 0.3 is 0 Å². The predicted octanol–water partition coefficient (Wildman–Crippen LogP) is 2.21. The smallest absolute Gasteiger partial charge is 0.252 e. The van der Waals surface area contributed by atoms with Crippen molar-refractivity contribution in [1.82, 2.24) is 5.32 Å². The number of carbonyl (C=O) groups excluding carboxylic acids is 1. The zero-order chi connectivity index (χ0) is 16.3. The topological polar surface area (TPSA) is 76.4 Å². The summed E-state index contributed by atoms with van der Waals surface area (Å²) >= 11 is 0. The first kappa shape index (κ1) is 15.8. The highest BCUT2D eigenvalue weighted by Crippen LogP contribution is 2.29. The fourth-order valence-corrected chi connectivity index (χ4v) is 3.48. The number of aliphatic hydroxyl groups excluding tert-OH is 1. The third kappa shape index (κ3) is 3.48. The Kier molecular flexibility index (Phi) is 4.53. The molecule has 5 nitrogen and oxygen atoms in total. The molecule has 1 aromatic rings. The van der Waals surface area contributed by atoms with Crippen LogP contribution < -0.4 is 10.2 Å². The fourth-order valence-electron chi connectivity index (χ4n) is 3.48. The van der Waals surface area contributed by atoms with E-state index < -0.39 is 5.54 Å². The summed E-state index contributed by atoms with van der Waals surface area (Å²) in [5, 5.41) is 21.8. The quantitative estimate of drug-likeness (QED) is 0.897. The number of hydrogen-bond acceptors (Lipinski definition) is 4. The maximum absolute atomic E-state index is 12.4. The van der Waals surface area contributed by atoms with E-state index in [2.05, 4.69) is 16.3 Å². The average Bonchev–Trinajstić information content (AvgIpc) is 3.05. The lowest BCUT2D eigenvalue weighted by Gasteiger charge is -2.31. The maximum Gasteiger partial charge on any atom is 0.252 e. The predicted molar refractivity (Wildman–Crippen MR) is 88.2 cm³/mol. The molecule has 23 heavy (non-hydrogen) atoms. The van der Waals surface area contributed by atoms with E-state index in [0.717, 1.165) is 57.3 Å². The Balaban J connectivity index is 1.65. The van der Waals surface area contributed by atoms with Crippen LogP contribution in [-0.2, 0) is 0 Å². The largest absolute Gasteiger partial charge is 0.393 e. The van der Waals surface area contributed by atoms with Gasteiger partial charge in [0.05, 0.1) is 12.2 Å². The monoisotopic (exact) mass is 313 g/mol. The number of amides is 1. The van der Waals surface area contributed by atoms with Crippen molar-refractivity contribution in [1.29, 1.82) is 5.26 Å². The van der Waals surface area contributed by atoms with E-state index >= 15 is 0 Å². The van der Waals surface area contributed by atoms with Crippen LogP contribution in [0.1, 0.15) is 48.9 Å². The third-order valence-corrected chi connectivity index (χ3v) is 4.98. The van der Waals surface area contributed by atoms with E-state index in [-0.39, 0.29) is 12.0 Å². The normalized spacial score (nSPS) is 21.0. The molecule has 0 aromatic heterocycles. The summed E-state index contributed by atoms with van der Waals surface area (Å²) < 4.78 is 0. The van der Waals surface area contributed by atoms with Gasteiger partial charge in [-0.25, -0.2) is 0 Å². The van der Waals surface area contributed by atoms with Crippen molar-refractivity contribution in [3.8, 4) is 6.07 Å². The van der Waals surface area contributed by atoms with Gasteiger partial charge in [-0.2, -0.15) is 5.26 Å². The molecule has 5 heteroatoms. The SMILES string of the molecule is N#CC1(NC(=O)c2ccc(N3CCC(O)CC3)cc2)CCCC1. The second kappa shape index (κ2) is 6.59. The van der Waals surface area contributed by atoms with Crippen LogP contribution in [0.4, 0.5) is 5.69 Å². The maximum atomic E-state index is 12.4. The van der Waals surface area contributed by atoms with Crippen molar-refractivity contribution in [3.05, 3.63) is 29.8 Å². The Bertz CT molecular complexity index is 592. The summed E-state index contributed by atoms with van der Waals surface area (Å²) in [6, 6.07) is 9.80. The van der Waals surface area contributed by atoms with Crippen LogP contribution in [0.2, 0.25) is 0 Å². The van der Waals surface area contributed by atoms with E-state index in [9.17, 15) is 15.2 Å². The molecule has 122 valence electrons. The number of anilines is 1. The minimum Gasteiger partial charge on any atom is -0.393 e. The molecule has 1 aromatic carbocycles. The van der Waals surface area contributed by atoms with E-state index in [1.807, 2.05) is 24.3 Å². The molecule has 1 saturated carbocycles. The van der Waals surface area contributed by atoms with Gasteiger partial charge in [-0.05, 0) is 62.8 Å². The number of piperidine rings is 1. The molecule has 1 amide bonds. The number of rotatable bonds is 3. The first-order valence-corrected chi connectivity index (χ1v) is 8.39. The van der Waals surface area contributed by atoms with Crippen molar-refractivity contribution in [2.24, 2.45) is 0 Å². The molecule has 2 aliphatic rings. The summed E-state index contributed by atoms with van der Waals surface area (Å²) in [4.78, 5) is 14.6. The molecule has 1 heterocycles. The number of carbonyl (C=O) groups is 1. The molecule has 0 radical (unpaired) electrons. The van der Waals surface area contributed by atoms with Crippen LogP contribution >= 0.6 is 0 Å². The standard InChI is InChI=1S/C18H23N3O2/c19-13-18(9-1-2-10-18)20-17(23)14-3-5-15(6-4-14)21-11-7-16(22)8-12-21/h3-6,16,22H,1-2,7-12H2,(H,20,23). The second-order valence-electron chi connectivity index (χ2n) is 6.62. The Morgan fingerprint density at radius 1 is 1.22 bits per heavy atom. The highest BCUT2D eigenvalue weighted by Gasteiger charge is 2.35. The fraction of sp³-hybridized carbons (Fsp3) is 0.556. The zero-order valence-corrected chi connectivity index (χ0v) is 13.3. The zero-order valence-electron chi connectivity index (χ0n) is 13.3. The van der Waals surface area contributed by atoms with Crippen molar-refractivity contribution in [2.45, 2.75) is 50.2 Å². The van der Waals surface area contributed by atoms with Gasteiger partial charge in [0, 0.05) is 24.3 Å². The summed E-state index contributed by atoms with van der Waals surface area (Å²) in [7, 11) is 0. The molecule has 1 saturated heterocycles. The molecule has 1 aliphatic heterocycles. The Labute approximate surface area is 136 Å². The summed E-state index contributed by atoms with van der Waals surface area (Å²) in [6.07, 6.45) is 4.85. The molecule has 3 rings (SSSR count). The number of aliphatic hydroxyl groups is 1.